The van der Waals surface area contributed by atoms with Crippen LogP contribution in [0.4, 0.5) is 14.5 Å². The van der Waals surface area contributed by atoms with Crippen LogP contribution in [0.15, 0.2) is 91.3 Å². The number of thioether (sulfide) groups is 1. The molecule has 0 bridgehead atoms. The number of amides is 1. The molecule has 3 atom stereocenters. The van der Waals surface area contributed by atoms with Gasteiger partial charge in [-0.15, -0.1) is 11.8 Å². The molecule has 3 aromatic carbocycles. The second-order valence-electron chi connectivity index (χ2n) is 8.47. The Morgan fingerprint density at radius 1 is 1.00 bits per heavy atom. The lowest BCUT2D eigenvalue weighted by Crippen LogP contribution is -2.57. The first-order valence-corrected chi connectivity index (χ1v) is 12.3. The van der Waals surface area contributed by atoms with Crippen molar-refractivity contribution >= 4 is 23.4 Å². The van der Waals surface area contributed by atoms with Crippen LogP contribution in [-0.2, 0) is 4.79 Å². The van der Waals surface area contributed by atoms with E-state index >= 15 is 4.39 Å². The fourth-order valence-corrected chi connectivity index (χ4v) is 5.59. The maximum Gasteiger partial charge on any atom is 0.243 e. The Kier molecular flexibility index (Phi) is 6.71. The molecule has 8 heteroatoms. The molecule has 1 aliphatic heterocycles. The number of carbonyl (C=O) groups is 1. The molecule has 1 amide bonds. The summed E-state index contributed by atoms with van der Waals surface area (Å²) in [5.41, 5.74) is 2.77. The number of aromatic nitrogens is 1. The lowest BCUT2D eigenvalue weighted by molar-refractivity contribution is -0.123. The molecule has 1 fully saturated rings. The second kappa shape index (κ2) is 10.1. The summed E-state index contributed by atoms with van der Waals surface area (Å²) in [5, 5.41) is 19.8. The van der Waals surface area contributed by atoms with E-state index in [2.05, 4.69) is 4.98 Å². The number of halogens is 2. The number of pyridine rings is 1. The van der Waals surface area contributed by atoms with Crippen molar-refractivity contribution in [3.05, 3.63) is 114 Å². The molecule has 0 spiro atoms. The third kappa shape index (κ3) is 4.69. The van der Waals surface area contributed by atoms with E-state index in [0.717, 1.165) is 5.56 Å². The smallest absolute Gasteiger partial charge is 0.243 e. The van der Waals surface area contributed by atoms with Gasteiger partial charge in [0, 0.05) is 35.0 Å². The van der Waals surface area contributed by atoms with E-state index in [1.54, 1.807) is 48.8 Å². The molecule has 5 nitrogen and oxygen atoms in total. The molecule has 2 heterocycles. The van der Waals surface area contributed by atoms with E-state index in [4.69, 9.17) is 0 Å². The molecule has 1 aliphatic rings. The minimum absolute atomic E-state index is 0.0961. The Bertz CT molecular complexity index is 1370. The zero-order valence-electron chi connectivity index (χ0n) is 19.0. The molecule has 1 saturated heterocycles. The van der Waals surface area contributed by atoms with Crippen LogP contribution in [0.3, 0.4) is 0 Å². The van der Waals surface area contributed by atoms with E-state index in [0.29, 0.717) is 22.4 Å². The number of aliphatic hydroxyl groups excluding tert-OH is 1. The summed E-state index contributed by atoms with van der Waals surface area (Å²) in [4.78, 5) is 18.8. The van der Waals surface area contributed by atoms with E-state index in [-0.39, 0.29) is 17.4 Å². The molecule has 5 rings (SSSR count). The number of rotatable bonds is 7. The first kappa shape index (κ1) is 24.0. The first-order chi connectivity index (χ1) is 17.4. The number of aromatic hydroxyl groups is 1. The van der Waals surface area contributed by atoms with Gasteiger partial charge in [0.1, 0.15) is 22.6 Å². The molecule has 36 heavy (non-hydrogen) atoms. The number of β-lactam (4-membered cyclic amide) rings is 1. The van der Waals surface area contributed by atoms with Gasteiger partial charge >= 0.3 is 0 Å². The molecule has 0 aliphatic carbocycles. The van der Waals surface area contributed by atoms with Crippen LogP contribution in [0.2, 0.25) is 0 Å². The summed E-state index contributed by atoms with van der Waals surface area (Å²) >= 11 is 1.29. The van der Waals surface area contributed by atoms with Gasteiger partial charge in [-0.25, -0.2) is 8.78 Å². The highest BCUT2D eigenvalue weighted by molar-refractivity contribution is 8.00. The maximum atomic E-state index is 15.1. The van der Waals surface area contributed by atoms with Gasteiger partial charge < -0.3 is 15.1 Å². The van der Waals surface area contributed by atoms with Crippen molar-refractivity contribution in [2.24, 2.45) is 0 Å². The third-order valence-corrected chi connectivity index (χ3v) is 7.50. The van der Waals surface area contributed by atoms with Crippen molar-refractivity contribution in [2.45, 2.75) is 17.4 Å². The molecule has 4 aromatic rings. The highest BCUT2D eigenvalue weighted by Gasteiger charge is 2.49. The summed E-state index contributed by atoms with van der Waals surface area (Å²) in [6.07, 6.45) is 2.31. The predicted molar refractivity (Wildman–Crippen MR) is 136 cm³/mol. The van der Waals surface area contributed by atoms with Crippen molar-refractivity contribution in [2.75, 3.05) is 10.7 Å². The van der Waals surface area contributed by atoms with E-state index in [1.807, 2.05) is 0 Å². The number of phenolic OH excluding ortho intramolecular Hbond substituents is 1. The van der Waals surface area contributed by atoms with Gasteiger partial charge in [-0.2, -0.15) is 0 Å². The van der Waals surface area contributed by atoms with Crippen LogP contribution in [-0.4, -0.2) is 32.1 Å². The lowest BCUT2D eigenvalue weighted by Gasteiger charge is -2.47. The van der Waals surface area contributed by atoms with E-state index in [1.165, 1.54) is 59.1 Å². The zero-order valence-corrected chi connectivity index (χ0v) is 19.8. The molecule has 182 valence electrons. The van der Waals surface area contributed by atoms with Crippen LogP contribution in [0.1, 0.15) is 23.3 Å². The topological polar surface area (TPSA) is 73.7 Å². The number of hydrogen-bond acceptors (Lipinski definition) is 5. The van der Waals surface area contributed by atoms with Crippen LogP contribution >= 0.6 is 11.8 Å². The molecule has 0 unspecified atom stereocenters. The maximum absolute atomic E-state index is 15.1. The van der Waals surface area contributed by atoms with Crippen LogP contribution in [0, 0.1) is 11.6 Å². The van der Waals surface area contributed by atoms with Crippen LogP contribution < -0.4 is 4.90 Å². The van der Waals surface area contributed by atoms with Crippen molar-refractivity contribution < 1.29 is 23.8 Å². The summed E-state index contributed by atoms with van der Waals surface area (Å²) in [7, 11) is 0. The molecule has 0 saturated carbocycles. The number of carbonyl (C=O) groups excluding carboxylic acids is 1. The van der Waals surface area contributed by atoms with Gasteiger partial charge in [-0.05, 0) is 59.7 Å². The molecular weight excluding hydrogens is 482 g/mol. The van der Waals surface area contributed by atoms with Gasteiger partial charge in [0.05, 0.1) is 12.1 Å². The van der Waals surface area contributed by atoms with Gasteiger partial charge in [0.25, 0.3) is 0 Å². The summed E-state index contributed by atoms with van der Waals surface area (Å²) in [5.74, 6) is -0.756. The van der Waals surface area contributed by atoms with Gasteiger partial charge in [0.2, 0.25) is 5.91 Å². The molecular formula is C28H22F2N2O3S. The average Bonchev–Trinajstić information content (AvgIpc) is 2.89. The van der Waals surface area contributed by atoms with Crippen molar-refractivity contribution in [3.8, 4) is 16.9 Å². The van der Waals surface area contributed by atoms with Gasteiger partial charge in [0.15, 0.2) is 0 Å². The standard InChI is InChI=1S/C28H22F2N2O3S/c29-20-7-3-17(4-8-20)25(34)16-36-27-26(18-5-10-22(33)11-6-18)32(28(27)35)21-9-12-23(24(30)14-21)19-2-1-13-31-15-19/h1-15,25-27,33-34H,16H2/t25-,26+,27+/m0/s1. The van der Waals surface area contributed by atoms with Gasteiger partial charge in [-0.3, -0.25) is 9.78 Å². The highest BCUT2D eigenvalue weighted by Crippen LogP contribution is 2.46. The normalized spacial score (nSPS) is 18.1. The van der Waals surface area contributed by atoms with E-state index in [9.17, 15) is 19.4 Å². The summed E-state index contributed by atoms with van der Waals surface area (Å²) in [6, 6.07) is 19.8. The van der Waals surface area contributed by atoms with Crippen molar-refractivity contribution in [1.82, 2.24) is 4.98 Å². The fraction of sp³-hybridized carbons (Fsp3) is 0.143. The van der Waals surface area contributed by atoms with E-state index < -0.39 is 29.0 Å². The molecule has 0 radical (unpaired) electrons. The van der Waals surface area contributed by atoms with Crippen LogP contribution in [0.5, 0.6) is 5.75 Å². The number of hydrogen-bond donors (Lipinski definition) is 2. The largest absolute Gasteiger partial charge is 0.508 e. The predicted octanol–water partition coefficient (Wildman–Crippen LogP) is 5.66. The fourth-order valence-electron chi connectivity index (χ4n) is 4.29. The quantitative estimate of drug-likeness (QED) is 0.318. The Labute approximate surface area is 211 Å². The lowest BCUT2D eigenvalue weighted by atomic mass is 9.92. The monoisotopic (exact) mass is 504 g/mol. The number of nitrogens with zero attached hydrogens (tertiary/aromatic N) is 2. The van der Waals surface area contributed by atoms with Gasteiger partial charge in [-0.1, -0.05) is 30.3 Å². The SMILES string of the molecule is O=C1[C@H](SC[C@H](O)c2ccc(F)cc2)[C@@H](c2ccc(O)cc2)N1c1ccc(-c2cccnc2)c(F)c1. The number of anilines is 1. The minimum Gasteiger partial charge on any atom is -0.508 e. The summed E-state index contributed by atoms with van der Waals surface area (Å²) < 4.78 is 28.3. The zero-order chi connectivity index (χ0) is 25.2. The Morgan fingerprint density at radius 3 is 2.42 bits per heavy atom. The number of aliphatic hydroxyl groups is 1. The third-order valence-electron chi connectivity index (χ3n) is 6.17. The molecule has 2 N–H and O–H groups in total. The minimum atomic E-state index is -0.880. The van der Waals surface area contributed by atoms with Crippen molar-refractivity contribution in [1.29, 1.82) is 0 Å². The highest BCUT2D eigenvalue weighted by atomic mass is 32.2. The second-order valence-corrected chi connectivity index (χ2v) is 9.65. The Hall–Kier alpha value is -3.75. The first-order valence-electron chi connectivity index (χ1n) is 11.3. The van der Waals surface area contributed by atoms with Crippen LogP contribution in [0.25, 0.3) is 11.1 Å². The Balaban J connectivity index is 1.40. The Morgan fingerprint density at radius 2 is 1.75 bits per heavy atom. The number of benzene rings is 3. The molecule has 1 aromatic heterocycles. The average molecular weight is 505 g/mol. The van der Waals surface area contributed by atoms with Crippen molar-refractivity contribution in [3.63, 3.8) is 0 Å². The number of phenols is 1. The summed E-state index contributed by atoms with van der Waals surface area (Å²) in [6.45, 7) is 0.